The fraction of sp³-hybridized carbons (Fsp3) is 1.00. The van der Waals surface area contributed by atoms with Crippen molar-refractivity contribution in [3.05, 3.63) is 0 Å². The molecule has 0 aliphatic carbocycles. The molecule has 0 heterocycles. The van der Waals surface area contributed by atoms with Crippen molar-refractivity contribution in [1.29, 1.82) is 0 Å². The van der Waals surface area contributed by atoms with E-state index in [2.05, 4.69) is 23.9 Å². The average Bonchev–Trinajstić information content (AvgIpc) is 2.31. The average molecular weight is 308 g/mol. The third-order valence-corrected chi connectivity index (χ3v) is 5.02. The Balaban J connectivity index is 4.22. The van der Waals surface area contributed by atoms with E-state index in [1.807, 2.05) is 32.8 Å². The molecule has 0 spiro atoms. The molecule has 0 radical (unpaired) electrons. The van der Waals surface area contributed by atoms with E-state index < -0.39 is 10.2 Å². The van der Waals surface area contributed by atoms with Crippen LogP contribution in [-0.2, 0) is 10.2 Å². The second kappa shape index (κ2) is 8.29. The van der Waals surface area contributed by atoms with Crippen molar-refractivity contribution in [1.82, 2.24) is 19.2 Å². The fourth-order valence-electron chi connectivity index (χ4n) is 1.35. The highest BCUT2D eigenvalue weighted by Crippen LogP contribution is 2.09. The van der Waals surface area contributed by atoms with E-state index >= 15 is 0 Å². The summed E-state index contributed by atoms with van der Waals surface area (Å²) in [6.45, 7) is 9.87. The molecule has 6 nitrogen and oxygen atoms in total. The van der Waals surface area contributed by atoms with Crippen molar-refractivity contribution in [2.75, 3.05) is 40.8 Å². The molecule has 0 amide bonds. The fourth-order valence-corrected chi connectivity index (χ4v) is 2.47. The maximum atomic E-state index is 12.1. The standard InChI is InChI=1S/C13H32N4O2S/c1-12(2)14-9-8-10-17(7)20(18,19)15-11-13(3,4)16(5)6/h12,14-15H,8-11H2,1-7H3. The van der Waals surface area contributed by atoms with Crippen LogP contribution in [0.25, 0.3) is 0 Å². The van der Waals surface area contributed by atoms with Crippen molar-refractivity contribution in [3.63, 3.8) is 0 Å². The van der Waals surface area contributed by atoms with Gasteiger partial charge in [0.1, 0.15) is 0 Å². The van der Waals surface area contributed by atoms with Crippen LogP contribution in [0, 0.1) is 0 Å². The van der Waals surface area contributed by atoms with E-state index in [1.165, 1.54) is 4.31 Å². The molecular weight excluding hydrogens is 276 g/mol. The van der Waals surface area contributed by atoms with Gasteiger partial charge in [0.2, 0.25) is 0 Å². The van der Waals surface area contributed by atoms with E-state index in [4.69, 9.17) is 0 Å². The molecule has 0 saturated heterocycles. The van der Waals surface area contributed by atoms with Gasteiger partial charge in [-0.1, -0.05) is 13.8 Å². The molecule has 0 atom stereocenters. The van der Waals surface area contributed by atoms with Crippen LogP contribution in [0.1, 0.15) is 34.1 Å². The van der Waals surface area contributed by atoms with Gasteiger partial charge in [0, 0.05) is 31.7 Å². The summed E-state index contributed by atoms with van der Waals surface area (Å²) < 4.78 is 28.2. The molecule has 0 rings (SSSR count). The number of nitrogens with zero attached hydrogens (tertiary/aromatic N) is 2. The first-order valence-electron chi connectivity index (χ1n) is 7.11. The Morgan fingerprint density at radius 3 is 2.15 bits per heavy atom. The molecule has 0 saturated carbocycles. The first-order chi connectivity index (χ1) is 8.99. The van der Waals surface area contributed by atoms with Crippen LogP contribution < -0.4 is 10.0 Å². The zero-order chi connectivity index (χ0) is 16.0. The highest BCUT2D eigenvalue weighted by molar-refractivity contribution is 7.87. The maximum absolute atomic E-state index is 12.1. The predicted molar refractivity (Wildman–Crippen MR) is 85.1 cm³/mol. The van der Waals surface area contributed by atoms with Gasteiger partial charge in [0.05, 0.1) is 0 Å². The first-order valence-corrected chi connectivity index (χ1v) is 8.55. The predicted octanol–water partition coefficient (Wildman–Crippen LogP) is 0.481. The molecule has 7 heteroatoms. The molecule has 0 unspecified atom stereocenters. The van der Waals surface area contributed by atoms with Crippen molar-refractivity contribution < 1.29 is 8.42 Å². The summed E-state index contributed by atoms with van der Waals surface area (Å²) in [6, 6.07) is 0.427. The Bertz CT molecular complexity index is 367. The second-order valence-electron chi connectivity index (χ2n) is 6.32. The Morgan fingerprint density at radius 2 is 1.70 bits per heavy atom. The molecule has 0 aromatic heterocycles. The van der Waals surface area contributed by atoms with Crippen molar-refractivity contribution >= 4 is 10.2 Å². The highest BCUT2D eigenvalue weighted by Gasteiger charge is 2.25. The van der Waals surface area contributed by atoms with Crippen LogP contribution in [-0.4, -0.2) is 70.0 Å². The van der Waals surface area contributed by atoms with Crippen LogP contribution >= 0.6 is 0 Å². The molecule has 0 bridgehead atoms. The summed E-state index contributed by atoms with van der Waals surface area (Å²) in [5, 5.41) is 3.27. The summed E-state index contributed by atoms with van der Waals surface area (Å²) in [6.07, 6.45) is 0.798. The number of nitrogens with one attached hydrogen (secondary N) is 2. The molecule has 0 fully saturated rings. The minimum atomic E-state index is -3.40. The molecule has 122 valence electrons. The first kappa shape index (κ1) is 19.8. The van der Waals surface area contributed by atoms with Crippen LogP contribution in [0.2, 0.25) is 0 Å². The summed E-state index contributed by atoms with van der Waals surface area (Å²) >= 11 is 0. The van der Waals surface area contributed by atoms with Crippen molar-refractivity contribution in [2.24, 2.45) is 0 Å². The van der Waals surface area contributed by atoms with E-state index in [9.17, 15) is 8.42 Å². The van der Waals surface area contributed by atoms with Crippen molar-refractivity contribution in [3.8, 4) is 0 Å². The molecule has 0 aliphatic rings. The Morgan fingerprint density at radius 1 is 1.15 bits per heavy atom. The smallest absolute Gasteiger partial charge is 0.279 e. The molecule has 20 heavy (non-hydrogen) atoms. The minimum Gasteiger partial charge on any atom is -0.314 e. The largest absolute Gasteiger partial charge is 0.314 e. The second-order valence-corrected chi connectivity index (χ2v) is 8.18. The van der Waals surface area contributed by atoms with Gasteiger partial charge in [0.15, 0.2) is 0 Å². The van der Waals surface area contributed by atoms with Crippen molar-refractivity contribution in [2.45, 2.75) is 45.7 Å². The lowest BCUT2D eigenvalue weighted by atomic mass is 10.1. The lowest BCUT2D eigenvalue weighted by molar-refractivity contribution is 0.198. The third kappa shape index (κ3) is 7.54. The molecule has 0 aliphatic heterocycles. The van der Waals surface area contributed by atoms with Gasteiger partial charge < -0.3 is 10.2 Å². The van der Waals surface area contributed by atoms with Crippen LogP contribution in [0.4, 0.5) is 0 Å². The molecule has 2 N–H and O–H groups in total. The van der Waals surface area contributed by atoms with E-state index in [1.54, 1.807) is 7.05 Å². The van der Waals surface area contributed by atoms with Gasteiger partial charge in [-0.2, -0.15) is 12.7 Å². The van der Waals surface area contributed by atoms with Gasteiger partial charge in [0.25, 0.3) is 10.2 Å². The van der Waals surface area contributed by atoms with E-state index in [0.29, 0.717) is 19.1 Å². The summed E-state index contributed by atoms with van der Waals surface area (Å²) in [4.78, 5) is 2.00. The lowest BCUT2D eigenvalue weighted by Gasteiger charge is -2.33. The Labute approximate surface area is 125 Å². The maximum Gasteiger partial charge on any atom is 0.279 e. The van der Waals surface area contributed by atoms with Gasteiger partial charge in [-0.25, -0.2) is 4.72 Å². The van der Waals surface area contributed by atoms with Gasteiger partial charge in [-0.3, -0.25) is 0 Å². The number of likely N-dealkylation sites (N-methyl/N-ethyl adjacent to an activating group) is 1. The molecule has 0 aromatic carbocycles. The van der Waals surface area contributed by atoms with Crippen LogP contribution in [0.3, 0.4) is 0 Å². The normalized spacial score (nSPS) is 13.7. The summed E-state index contributed by atoms with van der Waals surface area (Å²) in [5.41, 5.74) is -0.215. The van der Waals surface area contributed by atoms with E-state index in [0.717, 1.165) is 13.0 Å². The summed E-state index contributed by atoms with van der Waals surface area (Å²) in [7, 11) is 2.09. The van der Waals surface area contributed by atoms with Gasteiger partial charge in [-0.15, -0.1) is 0 Å². The molecule has 0 aromatic rings. The number of rotatable bonds is 10. The Hall–Kier alpha value is -0.210. The van der Waals surface area contributed by atoms with Gasteiger partial charge in [-0.05, 0) is 40.9 Å². The SMILES string of the molecule is CC(C)NCCCN(C)S(=O)(=O)NCC(C)(C)N(C)C. The van der Waals surface area contributed by atoms with Crippen LogP contribution in [0.5, 0.6) is 0 Å². The van der Waals surface area contributed by atoms with E-state index in [-0.39, 0.29) is 5.54 Å². The quantitative estimate of drug-likeness (QED) is 0.576. The zero-order valence-electron chi connectivity index (χ0n) is 14.0. The Kier molecular flexibility index (Phi) is 8.20. The third-order valence-electron chi connectivity index (χ3n) is 3.51. The minimum absolute atomic E-state index is 0.215. The number of hydrogen-bond acceptors (Lipinski definition) is 4. The lowest BCUT2D eigenvalue weighted by Crippen LogP contribution is -2.50. The zero-order valence-corrected chi connectivity index (χ0v) is 14.8. The highest BCUT2D eigenvalue weighted by atomic mass is 32.2. The number of hydrogen-bond donors (Lipinski definition) is 2. The molecular formula is C13H32N4O2S. The van der Waals surface area contributed by atoms with Crippen LogP contribution in [0.15, 0.2) is 0 Å². The van der Waals surface area contributed by atoms with Gasteiger partial charge >= 0.3 is 0 Å². The topological polar surface area (TPSA) is 64.7 Å². The monoisotopic (exact) mass is 308 g/mol. The summed E-state index contributed by atoms with van der Waals surface area (Å²) in [5.74, 6) is 0.